The number of hydrogen-bond acceptors (Lipinski definition) is 4. The summed E-state index contributed by atoms with van der Waals surface area (Å²) in [5.41, 5.74) is 1.16. The molecule has 0 heterocycles. The third-order valence-corrected chi connectivity index (χ3v) is 7.06. The number of methoxy groups -OCH3 is 2. The first-order valence-corrected chi connectivity index (χ1v) is 11.9. The van der Waals surface area contributed by atoms with Crippen molar-refractivity contribution < 1.29 is 19.1 Å². The van der Waals surface area contributed by atoms with E-state index in [9.17, 15) is 9.59 Å². The van der Waals surface area contributed by atoms with Crippen LogP contribution in [0.15, 0.2) is 34.6 Å². The molecule has 5 heteroatoms. The molecule has 132 valence electrons. The molecule has 0 saturated carbocycles. The van der Waals surface area contributed by atoms with E-state index in [0.717, 1.165) is 6.42 Å². The second-order valence-electron chi connectivity index (χ2n) is 7.90. The number of esters is 2. The smallest absolute Gasteiger partial charge is 0.323 e. The Morgan fingerprint density at radius 3 is 2.21 bits per heavy atom. The van der Waals surface area contributed by atoms with Gasteiger partial charge in [0.1, 0.15) is 0 Å². The Morgan fingerprint density at radius 1 is 1.12 bits per heavy atom. The molecule has 4 nitrogen and oxygen atoms in total. The predicted octanol–water partition coefficient (Wildman–Crippen LogP) is 3.81. The number of ether oxygens (including phenoxy) is 2. The summed E-state index contributed by atoms with van der Waals surface area (Å²) in [6.45, 7) is 9.03. The van der Waals surface area contributed by atoms with Crippen molar-refractivity contribution in [1.82, 2.24) is 0 Å². The first-order valence-electron chi connectivity index (χ1n) is 8.43. The van der Waals surface area contributed by atoms with Gasteiger partial charge in [0.2, 0.25) is 0 Å². The van der Waals surface area contributed by atoms with Crippen LogP contribution >= 0.6 is 0 Å². The summed E-state index contributed by atoms with van der Waals surface area (Å²) in [4.78, 5) is 25.0. The molecule has 0 aliphatic heterocycles. The van der Waals surface area contributed by atoms with Crippen LogP contribution in [0.5, 0.6) is 0 Å². The van der Waals surface area contributed by atoms with Gasteiger partial charge in [0, 0.05) is 0 Å². The minimum atomic E-state index is -1.62. The quantitative estimate of drug-likeness (QED) is 0.442. The molecule has 0 aromatic carbocycles. The third-order valence-electron chi connectivity index (χ3n) is 4.98. The zero-order valence-electron chi connectivity index (χ0n) is 15.6. The molecule has 0 amide bonds. The molecule has 0 aromatic rings. The highest BCUT2D eigenvalue weighted by atomic mass is 28.3. The molecule has 0 bridgehead atoms. The van der Waals surface area contributed by atoms with Gasteiger partial charge in [-0.3, -0.25) is 9.59 Å². The lowest BCUT2D eigenvalue weighted by atomic mass is 9.83. The van der Waals surface area contributed by atoms with Crippen LogP contribution in [0, 0.1) is 11.3 Å². The van der Waals surface area contributed by atoms with E-state index in [1.54, 1.807) is 0 Å². The van der Waals surface area contributed by atoms with Gasteiger partial charge in [-0.25, -0.2) is 0 Å². The second-order valence-corrected chi connectivity index (χ2v) is 12.9. The lowest BCUT2D eigenvalue weighted by Gasteiger charge is -2.27. The summed E-state index contributed by atoms with van der Waals surface area (Å²) in [6.07, 6.45) is 8.16. The summed E-state index contributed by atoms with van der Waals surface area (Å²) in [6, 6.07) is 0. The van der Waals surface area contributed by atoms with E-state index >= 15 is 0 Å². The van der Waals surface area contributed by atoms with E-state index in [2.05, 4.69) is 44.8 Å². The average Bonchev–Trinajstić information content (AvgIpc) is 2.86. The number of carbonyl (C=O) groups excluding carboxylic acids is 2. The van der Waals surface area contributed by atoms with Crippen molar-refractivity contribution in [3.05, 3.63) is 34.6 Å². The average molecular weight is 349 g/mol. The Labute approximate surface area is 145 Å². The molecule has 2 aliphatic rings. The monoisotopic (exact) mass is 348 g/mol. The number of carbonyl (C=O) groups is 2. The minimum absolute atomic E-state index is 0.375. The molecule has 0 saturated heterocycles. The van der Waals surface area contributed by atoms with Gasteiger partial charge in [-0.05, 0) is 30.8 Å². The maximum absolute atomic E-state index is 12.5. The van der Waals surface area contributed by atoms with Gasteiger partial charge in [-0.2, -0.15) is 0 Å². The van der Waals surface area contributed by atoms with Crippen LogP contribution in [0.4, 0.5) is 0 Å². The first kappa shape index (κ1) is 18.7. The van der Waals surface area contributed by atoms with Crippen molar-refractivity contribution >= 4 is 20.0 Å². The van der Waals surface area contributed by atoms with Gasteiger partial charge >= 0.3 is 11.9 Å². The molecule has 0 spiro atoms. The van der Waals surface area contributed by atoms with E-state index in [0.29, 0.717) is 18.8 Å². The van der Waals surface area contributed by atoms with Crippen molar-refractivity contribution in [3.8, 4) is 0 Å². The normalized spacial score (nSPS) is 26.6. The fourth-order valence-electron chi connectivity index (χ4n) is 3.81. The second kappa shape index (κ2) is 6.71. The zero-order chi connectivity index (χ0) is 18.1. The van der Waals surface area contributed by atoms with Gasteiger partial charge in [-0.15, -0.1) is 0 Å². The van der Waals surface area contributed by atoms with Crippen molar-refractivity contribution in [1.29, 1.82) is 0 Å². The topological polar surface area (TPSA) is 52.6 Å². The Hall–Kier alpha value is -1.62. The summed E-state index contributed by atoms with van der Waals surface area (Å²) >= 11 is 0. The molecule has 0 N–H and O–H groups in total. The summed E-state index contributed by atoms with van der Waals surface area (Å²) in [5.74, 6) is -0.603. The Morgan fingerprint density at radius 2 is 1.71 bits per heavy atom. The van der Waals surface area contributed by atoms with Crippen molar-refractivity contribution in [2.45, 2.75) is 45.8 Å². The SMILES string of the molecule is COC(=O)C1(C(=O)OC)CC2=C(C1)/C([Si](C)(C)C)=C\C=C/C(C)C2. The molecule has 1 unspecified atom stereocenters. The molecule has 1 atom stereocenters. The van der Waals surface area contributed by atoms with E-state index in [1.165, 1.54) is 30.6 Å². The summed E-state index contributed by atoms with van der Waals surface area (Å²) in [5, 5.41) is 1.32. The van der Waals surface area contributed by atoms with Crippen LogP contribution in [0.1, 0.15) is 26.2 Å². The Bertz CT molecular complexity index is 618. The summed E-state index contributed by atoms with van der Waals surface area (Å²) < 4.78 is 9.97. The third kappa shape index (κ3) is 3.27. The van der Waals surface area contributed by atoms with Crippen molar-refractivity contribution in [3.63, 3.8) is 0 Å². The minimum Gasteiger partial charge on any atom is -0.468 e. The van der Waals surface area contributed by atoms with Gasteiger partial charge in [-0.1, -0.05) is 55.6 Å². The molecule has 0 radical (unpaired) electrons. The highest BCUT2D eigenvalue weighted by Crippen LogP contribution is 2.50. The molecule has 2 rings (SSSR count). The number of allylic oxidation sites excluding steroid dienone is 6. The van der Waals surface area contributed by atoms with E-state index < -0.39 is 25.4 Å². The number of rotatable bonds is 3. The molecular weight excluding hydrogens is 320 g/mol. The summed E-state index contributed by atoms with van der Waals surface area (Å²) in [7, 11) is 1.05. The molecular formula is C19H28O4Si. The Balaban J connectivity index is 2.55. The van der Waals surface area contributed by atoms with Crippen LogP contribution in [0.2, 0.25) is 19.6 Å². The first-order chi connectivity index (χ1) is 11.2. The maximum atomic E-state index is 12.5. The van der Waals surface area contributed by atoms with Crippen LogP contribution < -0.4 is 0 Å². The predicted molar refractivity (Wildman–Crippen MR) is 97.1 cm³/mol. The van der Waals surface area contributed by atoms with Crippen LogP contribution in [-0.4, -0.2) is 34.2 Å². The molecule has 0 fully saturated rings. The molecule has 0 aromatic heterocycles. The zero-order valence-corrected chi connectivity index (χ0v) is 16.6. The van der Waals surface area contributed by atoms with Gasteiger partial charge in [0.25, 0.3) is 0 Å². The largest absolute Gasteiger partial charge is 0.468 e. The van der Waals surface area contributed by atoms with Crippen LogP contribution in [0.25, 0.3) is 0 Å². The Kier molecular flexibility index (Phi) is 5.23. The number of hydrogen-bond donors (Lipinski definition) is 0. The van der Waals surface area contributed by atoms with E-state index in [-0.39, 0.29) is 0 Å². The fourth-order valence-corrected chi connectivity index (χ4v) is 5.57. The lowest BCUT2D eigenvalue weighted by Crippen LogP contribution is -2.40. The van der Waals surface area contributed by atoms with Crippen LogP contribution in [0.3, 0.4) is 0 Å². The fraction of sp³-hybridized carbons (Fsp3) is 0.579. The highest BCUT2D eigenvalue weighted by Gasteiger charge is 2.54. The van der Waals surface area contributed by atoms with Gasteiger partial charge in [0.05, 0.1) is 22.3 Å². The van der Waals surface area contributed by atoms with E-state index in [1.807, 2.05) is 0 Å². The van der Waals surface area contributed by atoms with Crippen LogP contribution in [-0.2, 0) is 19.1 Å². The lowest BCUT2D eigenvalue weighted by molar-refractivity contribution is -0.168. The maximum Gasteiger partial charge on any atom is 0.323 e. The van der Waals surface area contributed by atoms with Gasteiger partial charge in [0.15, 0.2) is 5.41 Å². The van der Waals surface area contributed by atoms with Crippen molar-refractivity contribution in [2.75, 3.05) is 14.2 Å². The standard InChI is InChI=1S/C19H28O4Si/c1-13-8-7-9-16(24(4,5)6)15-12-19(17(20)22-2,18(21)23-3)11-14(15)10-13/h7-9,13H,10-12H2,1-6H3/b8-7-,16-9+. The van der Waals surface area contributed by atoms with E-state index in [4.69, 9.17) is 9.47 Å². The molecule has 2 aliphatic carbocycles. The van der Waals surface area contributed by atoms with Crippen molar-refractivity contribution in [2.24, 2.45) is 11.3 Å². The van der Waals surface area contributed by atoms with Gasteiger partial charge < -0.3 is 9.47 Å². The highest BCUT2D eigenvalue weighted by molar-refractivity contribution is 6.84. The molecule has 24 heavy (non-hydrogen) atoms.